The molecule has 2 aliphatic heterocycles. The molecule has 2 saturated heterocycles. The van der Waals surface area contributed by atoms with Gasteiger partial charge in [0.15, 0.2) is 0 Å². The molecule has 0 aliphatic carbocycles. The summed E-state index contributed by atoms with van der Waals surface area (Å²) >= 11 is 0. The molecule has 1 aromatic heterocycles. The Balaban J connectivity index is 1.49. The normalized spacial score (nSPS) is 23.7. The van der Waals surface area contributed by atoms with E-state index in [4.69, 9.17) is 27.7 Å². The van der Waals surface area contributed by atoms with E-state index in [0.29, 0.717) is 5.56 Å². The van der Waals surface area contributed by atoms with Gasteiger partial charge in [0.2, 0.25) is 0 Å². The van der Waals surface area contributed by atoms with E-state index in [1.807, 2.05) is 36.4 Å². The lowest BCUT2D eigenvalue weighted by atomic mass is 10.1. The average Bonchev–Trinajstić information content (AvgIpc) is 3.44. The van der Waals surface area contributed by atoms with Crippen LogP contribution in [0.4, 0.5) is 0 Å². The smallest absolute Gasteiger partial charge is 0.389 e. The number of hydrogen-bond donors (Lipinski definition) is 1. The van der Waals surface area contributed by atoms with Gasteiger partial charge < -0.3 is 27.7 Å². The first-order valence-corrected chi connectivity index (χ1v) is 19.3. The van der Waals surface area contributed by atoms with Crippen LogP contribution in [0.2, 0.25) is 5.04 Å². The topological polar surface area (TPSA) is 127 Å². The molecule has 2 aliphatic rings. The molecular formula is C33H45N2O9PSi. The zero-order valence-corrected chi connectivity index (χ0v) is 29.3. The average molecular weight is 673 g/mol. The number of nitrogens with zero attached hydrogens (tertiary/aromatic N) is 1. The van der Waals surface area contributed by atoms with Gasteiger partial charge in [0.1, 0.15) is 12.3 Å². The Morgan fingerprint density at radius 3 is 2.11 bits per heavy atom. The molecular weight excluding hydrogens is 627 g/mol. The molecule has 4 atom stereocenters. The summed E-state index contributed by atoms with van der Waals surface area (Å²) in [5, 5.41) is 1.94. The summed E-state index contributed by atoms with van der Waals surface area (Å²) in [5.74, 6) is 0. The van der Waals surface area contributed by atoms with E-state index < -0.39 is 51.1 Å². The van der Waals surface area contributed by atoms with Gasteiger partial charge >= 0.3 is 13.3 Å². The molecule has 1 N–H and O–H groups in total. The van der Waals surface area contributed by atoms with Crippen LogP contribution in [-0.4, -0.2) is 62.0 Å². The fourth-order valence-corrected chi connectivity index (χ4v) is 13.1. The van der Waals surface area contributed by atoms with Crippen LogP contribution < -0.4 is 21.6 Å². The third-order valence-corrected chi connectivity index (χ3v) is 16.1. The summed E-state index contributed by atoms with van der Waals surface area (Å²) in [6.45, 7) is 12.1. The van der Waals surface area contributed by atoms with Crippen molar-refractivity contribution in [3.05, 3.63) is 93.3 Å². The highest BCUT2D eigenvalue weighted by atomic mass is 31.2. The Hall–Kier alpha value is -2.67. The van der Waals surface area contributed by atoms with Crippen LogP contribution in [0.15, 0.2) is 76.4 Å². The molecule has 3 heterocycles. The number of nitrogens with one attached hydrogen (secondary N) is 1. The van der Waals surface area contributed by atoms with Crippen LogP contribution in [0.25, 0.3) is 0 Å². The van der Waals surface area contributed by atoms with Crippen molar-refractivity contribution in [2.75, 3.05) is 26.4 Å². The van der Waals surface area contributed by atoms with Crippen LogP contribution in [-0.2, 0) is 32.2 Å². The van der Waals surface area contributed by atoms with E-state index in [1.54, 1.807) is 20.8 Å². The van der Waals surface area contributed by atoms with Gasteiger partial charge in [-0.15, -0.1) is 0 Å². The van der Waals surface area contributed by atoms with Crippen molar-refractivity contribution < 1.29 is 32.2 Å². The van der Waals surface area contributed by atoms with Crippen molar-refractivity contribution in [1.29, 1.82) is 0 Å². The molecule has 0 saturated carbocycles. The maximum Gasteiger partial charge on any atom is 0.389 e. The first-order chi connectivity index (χ1) is 21.9. The molecule has 0 unspecified atom stereocenters. The van der Waals surface area contributed by atoms with Crippen molar-refractivity contribution in [2.24, 2.45) is 0 Å². The van der Waals surface area contributed by atoms with Crippen molar-refractivity contribution in [3.8, 4) is 0 Å². The molecule has 2 fully saturated rings. The van der Waals surface area contributed by atoms with Gasteiger partial charge in [-0.3, -0.25) is 18.9 Å². The van der Waals surface area contributed by atoms with Crippen molar-refractivity contribution in [2.45, 2.75) is 83.4 Å². The zero-order chi connectivity index (χ0) is 33.2. The molecule has 0 amide bonds. The molecule has 13 heteroatoms. The Morgan fingerprint density at radius 2 is 1.57 bits per heavy atom. The van der Waals surface area contributed by atoms with Gasteiger partial charge in [0, 0.05) is 31.2 Å². The largest absolute Gasteiger partial charge is 0.407 e. The number of benzene rings is 2. The number of hydrogen-bond acceptors (Lipinski definition) is 9. The fraction of sp³-hybridized carbons (Fsp3) is 0.515. The number of aryl methyl sites for hydroxylation is 1. The highest BCUT2D eigenvalue weighted by Gasteiger charge is 2.61. The monoisotopic (exact) mass is 672 g/mol. The third kappa shape index (κ3) is 6.42. The lowest BCUT2D eigenvalue weighted by Crippen LogP contribution is -2.67. The Labute approximate surface area is 270 Å². The number of aromatic nitrogens is 2. The van der Waals surface area contributed by atoms with E-state index in [9.17, 15) is 14.2 Å². The molecule has 250 valence electrons. The van der Waals surface area contributed by atoms with Crippen molar-refractivity contribution in [1.82, 2.24) is 9.55 Å². The third-order valence-electron chi connectivity index (χ3n) is 8.61. The first-order valence-electron chi connectivity index (χ1n) is 15.8. The first kappa shape index (κ1) is 34.7. The summed E-state index contributed by atoms with van der Waals surface area (Å²) < 4.78 is 53.9. The molecule has 46 heavy (non-hydrogen) atoms. The van der Waals surface area contributed by atoms with Crippen molar-refractivity contribution >= 4 is 26.3 Å². The molecule has 5 rings (SSSR count). The minimum atomic E-state index is -4.04. The van der Waals surface area contributed by atoms with E-state index in [-0.39, 0.29) is 44.3 Å². The highest BCUT2D eigenvalue weighted by Crippen LogP contribution is 2.65. The van der Waals surface area contributed by atoms with Gasteiger partial charge in [-0.1, -0.05) is 81.4 Å². The maximum absolute atomic E-state index is 14.6. The van der Waals surface area contributed by atoms with E-state index in [1.165, 1.54) is 10.8 Å². The second kappa shape index (κ2) is 13.8. The molecule has 11 nitrogen and oxygen atoms in total. The maximum atomic E-state index is 14.6. The van der Waals surface area contributed by atoms with E-state index in [0.717, 1.165) is 10.4 Å². The van der Waals surface area contributed by atoms with Gasteiger partial charge in [-0.2, -0.15) is 0 Å². The second-order valence-corrected chi connectivity index (χ2v) is 19.1. The van der Waals surface area contributed by atoms with Crippen LogP contribution >= 0.6 is 7.60 Å². The molecule has 0 spiro atoms. The van der Waals surface area contributed by atoms with Crippen LogP contribution in [0, 0.1) is 6.92 Å². The number of aromatic amines is 1. The van der Waals surface area contributed by atoms with E-state index >= 15 is 0 Å². The number of ether oxygens (including phenoxy) is 3. The molecule has 2 aromatic carbocycles. The standard InChI is InChI=1S/C33H45N2O9PSi/c1-7-40-45(38,41-8-2)33(39-23-28-27(44-33)21-29(43-28)35-22-24(3)30(36)34-31(35)37)19-20-42-46(32(4,5)6,25-15-11-9-12-16-25)26-17-13-10-14-18-26/h9-18,22,27-29H,7-8,19-21,23H2,1-6H3,(H,34,36,37)/t27-,28+,29+,33-/m0/s1. The number of fused-ring (bicyclic) bond motifs is 1. The molecule has 3 aromatic rings. The summed E-state index contributed by atoms with van der Waals surface area (Å²) in [6.07, 6.45) is -0.0776. The van der Waals surface area contributed by atoms with Crippen LogP contribution in [0.1, 0.15) is 59.3 Å². The summed E-state index contributed by atoms with van der Waals surface area (Å²) in [6, 6.07) is 20.5. The second-order valence-electron chi connectivity index (χ2n) is 12.6. The predicted octanol–water partition coefficient (Wildman–Crippen LogP) is 4.43. The van der Waals surface area contributed by atoms with Gasteiger partial charge in [0.05, 0.1) is 25.9 Å². The molecule has 0 radical (unpaired) electrons. The predicted molar refractivity (Wildman–Crippen MR) is 177 cm³/mol. The highest BCUT2D eigenvalue weighted by molar-refractivity contribution is 7.55. The Kier molecular flexibility index (Phi) is 10.4. The number of H-pyrrole nitrogens is 1. The summed E-state index contributed by atoms with van der Waals surface area (Å²) in [4.78, 5) is 26.9. The Morgan fingerprint density at radius 1 is 0.978 bits per heavy atom. The van der Waals surface area contributed by atoms with Gasteiger partial charge in [-0.05, 0) is 36.2 Å². The summed E-state index contributed by atoms with van der Waals surface area (Å²) in [5.41, 5.74) is -2.44. The minimum absolute atomic E-state index is 0.0294. The van der Waals surface area contributed by atoms with Crippen molar-refractivity contribution in [3.63, 3.8) is 0 Å². The SMILES string of the molecule is CCOP(=O)(OCC)[C@@]1(CCO[Si](c2ccccc2)(c2ccccc2)C(C)(C)C)OC[C@H]2O[C@@H](n3cc(C)c(=O)[nH]c3=O)C[C@@H]2O1. The summed E-state index contributed by atoms with van der Waals surface area (Å²) in [7, 11) is -6.97. The number of rotatable bonds is 12. The quantitative estimate of drug-likeness (QED) is 0.220. The lowest BCUT2D eigenvalue weighted by molar-refractivity contribution is -0.280. The van der Waals surface area contributed by atoms with Crippen LogP contribution in [0.5, 0.6) is 0 Å². The van der Waals surface area contributed by atoms with Gasteiger partial charge in [0.25, 0.3) is 19.4 Å². The minimum Gasteiger partial charge on any atom is -0.407 e. The lowest BCUT2D eigenvalue weighted by Gasteiger charge is -2.46. The fourth-order valence-electron chi connectivity index (χ4n) is 6.51. The van der Waals surface area contributed by atoms with Crippen LogP contribution in [0.3, 0.4) is 0 Å². The van der Waals surface area contributed by atoms with E-state index in [2.05, 4.69) is 50.0 Å². The zero-order valence-electron chi connectivity index (χ0n) is 27.4. The van der Waals surface area contributed by atoms with Gasteiger partial charge in [-0.25, -0.2) is 4.79 Å². The molecule has 0 bridgehead atoms. The Bertz CT molecular complexity index is 1590.